The van der Waals surface area contributed by atoms with Crippen LogP contribution < -0.4 is 4.68 Å². The predicted molar refractivity (Wildman–Crippen MR) is 76.7 cm³/mol. The summed E-state index contributed by atoms with van der Waals surface area (Å²) in [4.78, 5) is 11.3. The fourth-order valence-electron chi connectivity index (χ4n) is 1.10. The molecule has 0 unspecified atom stereocenters. The van der Waals surface area contributed by atoms with Crippen LogP contribution in [0.25, 0.3) is 0 Å². The zero-order valence-electron chi connectivity index (χ0n) is 10.5. The molecule has 0 saturated heterocycles. The zero-order chi connectivity index (χ0) is 13.2. The van der Waals surface area contributed by atoms with E-state index in [4.69, 9.17) is 4.74 Å². The number of nitrogens with zero attached hydrogens (tertiary/aromatic N) is 2. The number of rotatable bonds is 5. The summed E-state index contributed by atoms with van der Waals surface area (Å²) in [6.45, 7) is 4.28. The van der Waals surface area contributed by atoms with Gasteiger partial charge in [0.1, 0.15) is 0 Å². The van der Waals surface area contributed by atoms with Gasteiger partial charge < -0.3 is 4.74 Å². The van der Waals surface area contributed by atoms with E-state index in [9.17, 15) is 4.79 Å². The first kappa shape index (κ1) is 15.0. The highest BCUT2D eigenvalue weighted by Crippen LogP contribution is 2.16. The summed E-state index contributed by atoms with van der Waals surface area (Å²) in [6, 6.07) is 5.76. The molecule has 98 valence electrons. The van der Waals surface area contributed by atoms with Gasteiger partial charge in [0.2, 0.25) is 12.4 Å². The molecule has 4 nitrogen and oxygen atoms in total. The summed E-state index contributed by atoms with van der Waals surface area (Å²) in [6.07, 6.45) is 3.72. The summed E-state index contributed by atoms with van der Waals surface area (Å²) in [5.41, 5.74) is 0. The van der Waals surface area contributed by atoms with E-state index in [2.05, 4.69) is 12.0 Å². The summed E-state index contributed by atoms with van der Waals surface area (Å²) < 4.78 is 7.48. The van der Waals surface area contributed by atoms with Crippen LogP contribution in [0.2, 0.25) is 0 Å². The molecule has 0 aromatic carbocycles. The van der Waals surface area contributed by atoms with E-state index in [1.807, 2.05) is 30.6 Å². The first-order valence-corrected chi connectivity index (χ1v) is 7.69. The van der Waals surface area contributed by atoms with Crippen LogP contribution in [0, 0.1) is 0 Å². The van der Waals surface area contributed by atoms with Gasteiger partial charge in [-0.1, -0.05) is 41.2 Å². The highest BCUT2D eigenvalue weighted by atomic mass is 32.2. The van der Waals surface area contributed by atoms with Crippen molar-refractivity contribution < 1.29 is 14.2 Å². The van der Waals surface area contributed by atoms with Gasteiger partial charge in [0, 0.05) is 17.2 Å². The Bertz CT molecular complexity index is 396. The third-order valence-corrected chi connectivity index (χ3v) is 3.82. The van der Waals surface area contributed by atoms with Crippen LogP contribution in [0.4, 0.5) is 0 Å². The minimum Gasteiger partial charge on any atom is -0.465 e. The quantitative estimate of drug-likeness (QED) is 0.360. The van der Waals surface area contributed by atoms with Gasteiger partial charge in [-0.15, -0.1) is 0 Å². The molecule has 0 amide bonds. The van der Waals surface area contributed by atoms with Gasteiger partial charge in [0.15, 0.2) is 4.38 Å². The molecule has 6 heteroatoms. The molecule has 0 N–H and O–H groups in total. The summed E-state index contributed by atoms with van der Waals surface area (Å²) in [5, 5.41) is 4.43. The molecule has 0 atom stereocenters. The van der Waals surface area contributed by atoms with Gasteiger partial charge in [-0.25, -0.2) is 0 Å². The molecular weight excluding hydrogens is 268 g/mol. The number of esters is 1. The van der Waals surface area contributed by atoms with Crippen LogP contribution >= 0.6 is 23.5 Å². The number of aromatic nitrogens is 1. The summed E-state index contributed by atoms with van der Waals surface area (Å²) in [5.74, 6) is 1.01. The normalized spacial score (nSPS) is 11.3. The van der Waals surface area contributed by atoms with E-state index < -0.39 is 0 Å². The largest absolute Gasteiger partial charge is 0.465 e. The number of carbonyl (C=O) groups is 1. The van der Waals surface area contributed by atoms with E-state index in [1.54, 1.807) is 23.4 Å². The Labute approximate surface area is 116 Å². The molecule has 1 aromatic rings. The van der Waals surface area contributed by atoms with E-state index in [0.717, 1.165) is 10.1 Å². The molecule has 1 rings (SSSR count). The number of ether oxygens (including phenoxy) is 1. The maximum atomic E-state index is 11.3. The van der Waals surface area contributed by atoms with Crippen LogP contribution in [0.5, 0.6) is 0 Å². The maximum absolute atomic E-state index is 11.3. The molecule has 1 aromatic heterocycles. The fraction of sp³-hybridized carbons (Fsp3) is 0.417. The lowest BCUT2D eigenvalue weighted by Gasteiger charge is -2.01. The van der Waals surface area contributed by atoms with Crippen molar-refractivity contribution in [2.75, 3.05) is 18.1 Å². The molecular formula is C12H17N2O2S2+. The molecule has 0 aliphatic rings. The first-order valence-electron chi connectivity index (χ1n) is 5.72. The van der Waals surface area contributed by atoms with Gasteiger partial charge in [0.25, 0.3) is 0 Å². The van der Waals surface area contributed by atoms with Crippen molar-refractivity contribution in [3.63, 3.8) is 0 Å². The summed E-state index contributed by atoms with van der Waals surface area (Å²) >= 11 is 3.02. The molecule has 1 heterocycles. The molecule has 0 fully saturated rings. The van der Waals surface area contributed by atoms with Gasteiger partial charge in [0.05, 0.1) is 12.4 Å². The standard InChI is InChI=1S/C12H17N2O2S2/c1-3-16-11(15)10-18-12(17-4-2)13-14-8-6-5-7-9-14/h5-9H,3-4,10H2,1-2H3/q+1/b13-12-. The number of thioether (sulfide) groups is 2. The Kier molecular flexibility index (Phi) is 7.52. The van der Waals surface area contributed by atoms with Crippen LogP contribution in [0.15, 0.2) is 35.7 Å². The SMILES string of the molecule is CCOC(=O)CS/C(=N\[n+]1ccccc1)SCC. The molecule has 0 saturated carbocycles. The first-order chi connectivity index (χ1) is 8.76. The highest BCUT2D eigenvalue weighted by molar-refractivity contribution is 8.39. The third kappa shape index (κ3) is 6.07. The average molecular weight is 285 g/mol. The predicted octanol–water partition coefficient (Wildman–Crippen LogP) is 2.14. The molecule has 0 aliphatic carbocycles. The molecule has 0 spiro atoms. The van der Waals surface area contributed by atoms with Crippen LogP contribution in [0.1, 0.15) is 13.8 Å². The minimum absolute atomic E-state index is 0.204. The monoisotopic (exact) mass is 285 g/mol. The smallest absolute Gasteiger partial charge is 0.316 e. The molecule has 0 radical (unpaired) electrons. The maximum Gasteiger partial charge on any atom is 0.316 e. The van der Waals surface area contributed by atoms with Crippen LogP contribution in [0.3, 0.4) is 0 Å². The molecule has 18 heavy (non-hydrogen) atoms. The van der Waals surface area contributed by atoms with E-state index in [1.165, 1.54) is 11.8 Å². The zero-order valence-corrected chi connectivity index (χ0v) is 12.2. The van der Waals surface area contributed by atoms with Gasteiger partial charge in [-0.3, -0.25) is 4.79 Å². The van der Waals surface area contributed by atoms with Crippen LogP contribution in [-0.4, -0.2) is 28.5 Å². The van der Waals surface area contributed by atoms with Crippen LogP contribution in [-0.2, 0) is 9.53 Å². The Balaban J connectivity index is 2.59. The van der Waals surface area contributed by atoms with E-state index in [0.29, 0.717) is 12.4 Å². The lowest BCUT2D eigenvalue weighted by molar-refractivity contribution is -0.678. The van der Waals surface area contributed by atoms with Crippen molar-refractivity contribution >= 4 is 33.9 Å². The highest BCUT2D eigenvalue weighted by Gasteiger charge is 2.10. The number of hydrogen-bond acceptors (Lipinski definition) is 5. The number of hydrogen-bond donors (Lipinski definition) is 0. The van der Waals surface area contributed by atoms with Crippen molar-refractivity contribution in [2.24, 2.45) is 5.10 Å². The van der Waals surface area contributed by atoms with Crippen molar-refractivity contribution in [2.45, 2.75) is 13.8 Å². The van der Waals surface area contributed by atoms with E-state index >= 15 is 0 Å². The minimum atomic E-state index is -0.204. The van der Waals surface area contributed by atoms with Gasteiger partial charge >= 0.3 is 5.97 Å². The fourth-order valence-corrected chi connectivity index (χ4v) is 2.84. The topological polar surface area (TPSA) is 42.5 Å². The van der Waals surface area contributed by atoms with E-state index in [-0.39, 0.29) is 5.97 Å². The second kappa shape index (κ2) is 8.99. The third-order valence-electron chi connectivity index (χ3n) is 1.78. The van der Waals surface area contributed by atoms with Crippen molar-refractivity contribution in [3.05, 3.63) is 30.6 Å². The lowest BCUT2D eigenvalue weighted by atomic mass is 10.5. The number of carbonyl (C=O) groups excluding carboxylic acids is 1. The Morgan fingerprint density at radius 2 is 1.94 bits per heavy atom. The Morgan fingerprint density at radius 3 is 2.56 bits per heavy atom. The van der Waals surface area contributed by atoms with Crippen molar-refractivity contribution in [1.82, 2.24) is 0 Å². The molecule has 0 bridgehead atoms. The number of pyridine rings is 1. The molecule has 0 aliphatic heterocycles. The van der Waals surface area contributed by atoms with Crippen molar-refractivity contribution in [3.8, 4) is 0 Å². The van der Waals surface area contributed by atoms with Crippen molar-refractivity contribution in [1.29, 1.82) is 0 Å². The van der Waals surface area contributed by atoms with Gasteiger partial charge in [-0.05, 0) is 12.7 Å². The van der Waals surface area contributed by atoms with Gasteiger partial charge in [-0.2, -0.15) is 0 Å². The lowest BCUT2D eigenvalue weighted by Crippen LogP contribution is -2.27. The average Bonchev–Trinajstić information content (AvgIpc) is 2.38. The second-order valence-electron chi connectivity index (χ2n) is 3.15. The Hall–Kier alpha value is -1.01. The summed E-state index contributed by atoms with van der Waals surface area (Å²) in [7, 11) is 0. The second-order valence-corrected chi connectivity index (χ2v) is 5.62. The Morgan fingerprint density at radius 1 is 1.22 bits per heavy atom.